The molecule has 2 aliphatic heterocycles. The number of carbonyl (C=O) groups excluding carboxylic acids is 2. The Morgan fingerprint density at radius 2 is 1.51 bits per heavy atom. The third kappa shape index (κ3) is 6.54. The van der Waals surface area contributed by atoms with Crippen LogP contribution in [0.3, 0.4) is 0 Å². The van der Waals surface area contributed by atoms with Crippen molar-refractivity contribution in [3.8, 4) is 16.9 Å². The summed E-state index contributed by atoms with van der Waals surface area (Å²) in [5.74, 6) is 0.449. The maximum Gasteiger partial charge on any atom is 0.404 e. The van der Waals surface area contributed by atoms with Crippen LogP contribution in [0.15, 0.2) is 121 Å². The van der Waals surface area contributed by atoms with Crippen LogP contribution >= 0.6 is 0 Å². The number of primary amides is 1. The van der Waals surface area contributed by atoms with Crippen LogP contribution in [0.25, 0.3) is 28.0 Å². The summed E-state index contributed by atoms with van der Waals surface area (Å²) in [6.45, 7) is 13.7. The Labute approximate surface area is 322 Å². The molecular weight excluding hydrogens is 687 g/mol. The number of piperazine rings is 1. The topological polar surface area (TPSA) is 94.3 Å². The molecule has 1 saturated heterocycles. The van der Waals surface area contributed by atoms with Crippen molar-refractivity contribution in [1.29, 1.82) is 0 Å². The summed E-state index contributed by atoms with van der Waals surface area (Å²) in [6, 6.07) is 36.7. The van der Waals surface area contributed by atoms with Crippen LogP contribution in [0.5, 0.6) is 5.75 Å². The first-order valence-electron chi connectivity index (χ1n) is 19.1. The minimum atomic E-state index is -0.841. The average molecular weight is 734 g/mol. The third-order valence-corrected chi connectivity index (χ3v) is 11.4. The number of fused-ring (bicyclic) bond motifs is 8. The van der Waals surface area contributed by atoms with Crippen molar-refractivity contribution in [2.45, 2.75) is 44.3 Å². The molecule has 3 aliphatic rings. The number of amides is 1. The SMILES string of the molecule is C=C(C)C(=O)OCCC(CN1CCN(c2ccc(C3(c4ccccc4)C=Cc4c5c(c6ccccc6c4O3)-c3ccccc3C5(C)C)cc2)CC1)OC(N)=O. The number of nitrogens with zero attached hydrogens (tertiary/aromatic N) is 2. The third-order valence-electron chi connectivity index (χ3n) is 11.4. The smallest absolute Gasteiger partial charge is 0.404 e. The van der Waals surface area contributed by atoms with Crippen LogP contribution in [0.2, 0.25) is 0 Å². The number of esters is 1. The summed E-state index contributed by atoms with van der Waals surface area (Å²) >= 11 is 0. The predicted octanol–water partition coefficient (Wildman–Crippen LogP) is 8.59. The Morgan fingerprint density at radius 1 is 0.855 bits per heavy atom. The average Bonchev–Trinajstić information content (AvgIpc) is 3.44. The molecular formula is C47H47N3O5. The number of hydrogen-bond donors (Lipinski definition) is 1. The highest BCUT2D eigenvalue weighted by Crippen LogP contribution is 2.58. The largest absolute Gasteiger partial charge is 0.472 e. The summed E-state index contributed by atoms with van der Waals surface area (Å²) in [4.78, 5) is 28.1. The standard InChI is InChI=1S/C47H47N3O5/c1-31(2)44(51)53-29-23-35(54-45(48)52)30-49-25-27-50(28-26-49)34-20-18-33(19-21-34)47(32-12-6-5-7-13-32)24-22-39-42-41(36-14-8-9-15-37(36)43(39)55-47)38-16-10-11-17-40(38)46(42,3)4/h5-22,24,35H,1,23,25-30H2,2-4H3,(H2,48,52). The Kier molecular flexibility index (Phi) is 9.47. The molecule has 2 N–H and O–H groups in total. The van der Waals surface area contributed by atoms with Gasteiger partial charge in [-0.15, -0.1) is 0 Å². The van der Waals surface area contributed by atoms with Gasteiger partial charge in [0.15, 0.2) is 5.60 Å². The number of hydrogen-bond acceptors (Lipinski definition) is 7. The van der Waals surface area contributed by atoms with E-state index in [0.717, 1.165) is 59.7 Å². The number of benzene rings is 5. The van der Waals surface area contributed by atoms with Crippen molar-refractivity contribution in [3.05, 3.63) is 149 Å². The number of anilines is 1. The van der Waals surface area contributed by atoms with E-state index in [-0.39, 0.29) is 12.0 Å². The van der Waals surface area contributed by atoms with Crippen LogP contribution in [0, 0.1) is 0 Å². The molecule has 1 aliphatic carbocycles. The van der Waals surface area contributed by atoms with Crippen LogP contribution < -0.4 is 15.4 Å². The minimum absolute atomic E-state index is 0.121. The van der Waals surface area contributed by atoms with Gasteiger partial charge in [-0.3, -0.25) is 4.90 Å². The molecule has 0 spiro atoms. The minimum Gasteiger partial charge on any atom is -0.472 e. The van der Waals surface area contributed by atoms with Crippen molar-refractivity contribution in [1.82, 2.24) is 4.90 Å². The predicted molar refractivity (Wildman–Crippen MR) is 218 cm³/mol. The van der Waals surface area contributed by atoms with E-state index in [9.17, 15) is 9.59 Å². The number of ether oxygens (including phenoxy) is 3. The van der Waals surface area contributed by atoms with E-state index in [2.05, 4.69) is 139 Å². The van der Waals surface area contributed by atoms with Gasteiger partial charge in [0.25, 0.3) is 0 Å². The number of rotatable bonds is 10. The lowest BCUT2D eigenvalue weighted by Gasteiger charge is -2.39. The van der Waals surface area contributed by atoms with E-state index in [0.29, 0.717) is 18.5 Å². The molecule has 1 fully saturated rings. The molecule has 0 bridgehead atoms. The van der Waals surface area contributed by atoms with Gasteiger partial charge in [0.1, 0.15) is 11.9 Å². The molecule has 8 nitrogen and oxygen atoms in total. The lowest BCUT2D eigenvalue weighted by molar-refractivity contribution is -0.139. The molecule has 280 valence electrons. The van der Waals surface area contributed by atoms with Gasteiger partial charge in [0.2, 0.25) is 0 Å². The normalized spacial score (nSPS) is 18.8. The quantitative estimate of drug-likeness (QED) is 0.114. The monoisotopic (exact) mass is 733 g/mol. The van der Waals surface area contributed by atoms with Crippen LogP contribution in [0.1, 0.15) is 55.0 Å². The summed E-state index contributed by atoms with van der Waals surface area (Å²) in [5.41, 5.74) is 14.3. The van der Waals surface area contributed by atoms with Crippen molar-refractivity contribution in [3.63, 3.8) is 0 Å². The molecule has 2 unspecified atom stereocenters. The summed E-state index contributed by atoms with van der Waals surface area (Å²) in [6.07, 6.45) is 3.59. The molecule has 1 amide bonds. The Hall–Kier alpha value is -5.86. The lowest BCUT2D eigenvalue weighted by Crippen LogP contribution is -2.49. The van der Waals surface area contributed by atoms with Crippen LogP contribution in [0.4, 0.5) is 10.5 Å². The van der Waals surface area contributed by atoms with Gasteiger partial charge in [-0.2, -0.15) is 0 Å². The second-order valence-corrected chi connectivity index (χ2v) is 15.3. The zero-order valence-electron chi connectivity index (χ0n) is 31.7. The van der Waals surface area contributed by atoms with Gasteiger partial charge in [-0.05, 0) is 52.8 Å². The van der Waals surface area contributed by atoms with Gasteiger partial charge in [0.05, 0.1) is 6.61 Å². The fourth-order valence-electron chi connectivity index (χ4n) is 8.72. The molecule has 2 heterocycles. The second-order valence-electron chi connectivity index (χ2n) is 15.3. The zero-order valence-corrected chi connectivity index (χ0v) is 31.7. The molecule has 2 atom stereocenters. The highest BCUT2D eigenvalue weighted by atomic mass is 16.6. The van der Waals surface area contributed by atoms with Crippen LogP contribution in [-0.2, 0) is 25.3 Å². The molecule has 5 aromatic rings. The Morgan fingerprint density at radius 3 is 2.22 bits per heavy atom. The fourth-order valence-corrected chi connectivity index (χ4v) is 8.72. The first kappa shape index (κ1) is 36.1. The summed E-state index contributed by atoms with van der Waals surface area (Å²) < 4.78 is 18.1. The second kappa shape index (κ2) is 14.4. The number of carbonyl (C=O) groups is 2. The molecule has 0 radical (unpaired) electrons. The van der Waals surface area contributed by atoms with Crippen molar-refractivity contribution in [2.24, 2.45) is 5.73 Å². The molecule has 5 aromatic carbocycles. The summed E-state index contributed by atoms with van der Waals surface area (Å²) in [5, 5.41) is 2.32. The van der Waals surface area contributed by atoms with Crippen molar-refractivity contribution >= 4 is 34.6 Å². The molecule has 0 saturated carbocycles. The van der Waals surface area contributed by atoms with E-state index < -0.39 is 23.8 Å². The molecule has 8 heteroatoms. The van der Waals surface area contributed by atoms with Crippen LogP contribution in [-0.4, -0.2) is 62.4 Å². The maximum absolute atomic E-state index is 11.8. The van der Waals surface area contributed by atoms with Gasteiger partial charge >= 0.3 is 12.1 Å². The first-order chi connectivity index (χ1) is 26.6. The number of nitrogens with two attached hydrogens (primary N) is 1. The molecule has 55 heavy (non-hydrogen) atoms. The Bertz CT molecular complexity index is 2310. The van der Waals surface area contributed by atoms with E-state index >= 15 is 0 Å². The van der Waals surface area contributed by atoms with Crippen molar-refractivity contribution in [2.75, 3.05) is 44.2 Å². The highest BCUT2D eigenvalue weighted by Gasteiger charge is 2.44. The van der Waals surface area contributed by atoms with E-state index in [4.69, 9.17) is 19.9 Å². The zero-order chi connectivity index (χ0) is 38.3. The van der Waals surface area contributed by atoms with E-state index in [1.54, 1.807) is 6.92 Å². The highest BCUT2D eigenvalue weighted by molar-refractivity contribution is 6.08. The van der Waals surface area contributed by atoms with Gasteiger partial charge < -0.3 is 24.8 Å². The summed E-state index contributed by atoms with van der Waals surface area (Å²) in [7, 11) is 0. The van der Waals surface area contributed by atoms with E-state index in [1.165, 1.54) is 27.6 Å². The molecule has 0 aromatic heterocycles. The molecule has 8 rings (SSSR count). The van der Waals surface area contributed by atoms with Gasteiger partial charge in [-0.1, -0.05) is 117 Å². The van der Waals surface area contributed by atoms with Gasteiger partial charge in [0, 0.05) is 77.9 Å². The lowest BCUT2D eigenvalue weighted by atomic mass is 9.77. The fraction of sp³-hybridized carbons (Fsp3) is 0.277. The maximum atomic E-state index is 11.8. The van der Waals surface area contributed by atoms with Gasteiger partial charge in [-0.25, -0.2) is 9.59 Å². The van der Waals surface area contributed by atoms with E-state index in [1.807, 2.05) is 6.07 Å². The Balaban J connectivity index is 1.06. The first-order valence-corrected chi connectivity index (χ1v) is 19.1. The van der Waals surface area contributed by atoms with Crippen molar-refractivity contribution < 1.29 is 23.8 Å².